The molecule has 1 aliphatic heterocycles. The van der Waals surface area contributed by atoms with Crippen LogP contribution in [0.2, 0.25) is 0 Å². The van der Waals surface area contributed by atoms with Crippen LogP contribution in [0, 0.1) is 5.82 Å². The summed E-state index contributed by atoms with van der Waals surface area (Å²) in [5.41, 5.74) is 1.39. The van der Waals surface area contributed by atoms with E-state index in [1.54, 1.807) is 12.1 Å². The van der Waals surface area contributed by atoms with Gasteiger partial charge in [-0.15, -0.1) is 0 Å². The zero-order chi connectivity index (χ0) is 16.6. The van der Waals surface area contributed by atoms with Crippen LogP contribution < -0.4 is 4.31 Å². The lowest BCUT2D eigenvalue weighted by Crippen LogP contribution is -2.30. The lowest BCUT2D eigenvalue weighted by Gasteiger charge is -2.20. The summed E-state index contributed by atoms with van der Waals surface area (Å²) in [7, 11) is -3.94. The second-order valence-electron chi connectivity index (χ2n) is 5.42. The maximum absolute atomic E-state index is 13.5. The largest absolute Gasteiger partial charge is 0.505 e. The predicted molar refractivity (Wildman–Crippen MR) is 83.5 cm³/mol. The van der Waals surface area contributed by atoms with Crippen molar-refractivity contribution in [2.75, 3.05) is 17.5 Å². The Labute approximate surface area is 133 Å². The molecule has 0 bridgehead atoms. The Kier molecular flexibility index (Phi) is 3.99. The highest BCUT2D eigenvalue weighted by molar-refractivity contribution is 7.92. The summed E-state index contributed by atoms with van der Waals surface area (Å²) in [6.07, 6.45) is 0.451. The highest BCUT2D eigenvalue weighted by Gasteiger charge is 2.36. The minimum absolute atomic E-state index is 0.0409. The summed E-state index contributed by atoms with van der Waals surface area (Å²) in [5, 5.41) is 18.4. The van der Waals surface area contributed by atoms with E-state index in [2.05, 4.69) is 0 Å². The number of fused-ring (bicyclic) bond motifs is 1. The van der Waals surface area contributed by atoms with E-state index in [-0.39, 0.29) is 24.0 Å². The normalized spacial score (nSPS) is 17.3. The second kappa shape index (κ2) is 5.82. The molecule has 1 aliphatic rings. The molecule has 2 N–H and O–H groups in total. The van der Waals surface area contributed by atoms with Crippen molar-refractivity contribution in [3.63, 3.8) is 0 Å². The predicted octanol–water partition coefficient (Wildman–Crippen LogP) is 2.21. The number of sulfonamides is 1. The maximum atomic E-state index is 13.5. The molecule has 0 aliphatic carbocycles. The van der Waals surface area contributed by atoms with Gasteiger partial charge in [0.25, 0.3) is 10.0 Å². The average Bonchev–Trinajstić information content (AvgIpc) is 2.90. The van der Waals surface area contributed by atoms with E-state index in [9.17, 15) is 23.0 Å². The van der Waals surface area contributed by atoms with E-state index in [1.807, 2.05) is 12.1 Å². The van der Waals surface area contributed by atoms with Gasteiger partial charge in [-0.1, -0.05) is 18.2 Å². The van der Waals surface area contributed by atoms with Crippen LogP contribution in [0.5, 0.6) is 5.75 Å². The molecule has 1 atom stereocenters. The van der Waals surface area contributed by atoms with Crippen LogP contribution in [0.3, 0.4) is 0 Å². The van der Waals surface area contributed by atoms with Crippen molar-refractivity contribution in [1.82, 2.24) is 0 Å². The Balaban J connectivity index is 2.05. The first kappa shape index (κ1) is 15.8. The molecule has 0 spiro atoms. The molecule has 2 aromatic carbocycles. The Morgan fingerprint density at radius 3 is 2.65 bits per heavy atom. The molecule has 5 nitrogen and oxygen atoms in total. The van der Waals surface area contributed by atoms with Crippen molar-refractivity contribution in [1.29, 1.82) is 0 Å². The molecule has 0 saturated carbocycles. The number of aliphatic hydroxyl groups excluding tert-OH is 1. The van der Waals surface area contributed by atoms with Gasteiger partial charge in [-0.25, -0.2) is 12.8 Å². The number of hydrogen-bond acceptors (Lipinski definition) is 4. The molecule has 1 unspecified atom stereocenters. The number of para-hydroxylation sites is 1. The zero-order valence-corrected chi connectivity index (χ0v) is 13.0. The number of aliphatic hydroxyl groups is 1. The third kappa shape index (κ3) is 2.66. The van der Waals surface area contributed by atoms with Crippen LogP contribution >= 0.6 is 0 Å². The highest BCUT2D eigenvalue weighted by Crippen LogP contribution is 2.41. The van der Waals surface area contributed by atoms with E-state index in [0.29, 0.717) is 12.1 Å². The summed E-state index contributed by atoms with van der Waals surface area (Å²) in [6.45, 7) is 0.158. The van der Waals surface area contributed by atoms with Gasteiger partial charge >= 0.3 is 0 Å². The quantitative estimate of drug-likeness (QED) is 0.897. The van der Waals surface area contributed by atoms with Gasteiger partial charge < -0.3 is 10.2 Å². The number of anilines is 1. The number of halogens is 1. The molecule has 122 valence electrons. The Morgan fingerprint density at radius 2 is 1.96 bits per heavy atom. The third-order valence-electron chi connectivity index (χ3n) is 4.02. The van der Waals surface area contributed by atoms with Crippen molar-refractivity contribution in [3.05, 3.63) is 53.8 Å². The summed E-state index contributed by atoms with van der Waals surface area (Å²) in [6, 6.07) is 10.1. The molecule has 1 heterocycles. The summed E-state index contributed by atoms with van der Waals surface area (Å²) < 4.78 is 40.4. The number of nitrogens with zero attached hydrogens (tertiary/aromatic N) is 1. The van der Waals surface area contributed by atoms with E-state index in [4.69, 9.17) is 0 Å². The highest BCUT2D eigenvalue weighted by atomic mass is 32.2. The monoisotopic (exact) mass is 337 g/mol. The summed E-state index contributed by atoms with van der Waals surface area (Å²) >= 11 is 0. The van der Waals surface area contributed by atoms with Crippen molar-refractivity contribution < 1.29 is 23.0 Å². The van der Waals surface area contributed by atoms with Crippen LogP contribution in [0.4, 0.5) is 10.1 Å². The van der Waals surface area contributed by atoms with E-state index in [0.717, 1.165) is 17.7 Å². The van der Waals surface area contributed by atoms with Gasteiger partial charge in [0, 0.05) is 19.1 Å². The van der Waals surface area contributed by atoms with Crippen LogP contribution in [0.1, 0.15) is 17.9 Å². The SMILES string of the molecule is O=S(=O)(c1ccc(O)c(F)c1)N1CC(CCO)c2ccccc21. The first-order chi connectivity index (χ1) is 10.9. The molecule has 3 rings (SSSR count). The first-order valence-electron chi connectivity index (χ1n) is 7.16. The van der Waals surface area contributed by atoms with Crippen molar-refractivity contribution >= 4 is 15.7 Å². The second-order valence-corrected chi connectivity index (χ2v) is 7.28. The van der Waals surface area contributed by atoms with Crippen LogP contribution in [-0.2, 0) is 10.0 Å². The number of phenolic OH excluding ortho intramolecular Hbond substituents is 1. The van der Waals surface area contributed by atoms with Gasteiger partial charge in [-0.05, 0) is 36.2 Å². The fourth-order valence-electron chi connectivity index (χ4n) is 2.86. The fourth-order valence-corrected chi connectivity index (χ4v) is 4.41. The standard InChI is InChI=1S/C16H16FNO4S/c17-14-9-12(5-6-16(14)20)23(21,22)18-10-11(7-8-19)13-3-1-2-4-15(13)18/h1-6,9,11,19-20H,7-8,10H2. The number of hydrogen-bond donors (Lipinski definition) is 2. The number of phenols is 1. The minimum Gasteiger partial charge on any atom is -0.505 e. The van der Waals surface area contributed by atoms with Gasteiger partial charge in [-0.2, -0.15) is 0 Å². The molecule has 2 aromatic rings. The van der Waals surface area contributed by atoms with Gasteiger partial charge in [-0.3, -0.25) is 4.31 Å². The zero-order valence-electron chi connectivity index (χ0n) is 12.2. The lowest BCUT2D eigenvalue weighted by molar-refractivity contribution is 0.278. The Morgan fingerprint density at radius 1 is 1.22 bits per heavy atom. The lowest BCUT2D eigenvalue weighted by atomic mass is 9.99. The van der Waals surface area contributed by atoms with Gasteiger partial charge in [0.1, 0.15) is 0 Å². The van der Waals surface area contributed by atoms with Crippen LogP contribution in [0.25, 0.3) is 0 Å². The summed E-state index contributed by atoms with van der Waals surface area (Å²) in [4.78, 5) is -0.216. The number of aromatic hydroxyl groups is 1. The smallest absolute Gasteiger partial charge is 0.264 e. The van der Waals surface area contributed by atoms with E-state index >= 15 is 0 Å². The van der Waals surface area contributed by atoms with Gasteiger partial charge in [0.15, 0.2) is 11.6 Å². The molecule has 23 heavy (non-hydrogen) atoms. The van der Waals surface area contributed by atoms with Gasteiger partial charge in [0.05, 0.1) is 10.6 Å². The molecule has 0 amide bonds. The van der Waals surface area contributed by atoms with E-state index < -0.39 is 21.6 Å². The molecule has 7 heteroatoms. The number of rotatable bonds is 4. The molecule has 0 saturated heterocycles. The maximum Gasteiger partial charge on any atom is 0.264 e. The molecular weight excluding hydrogens is 321 g/mol. The first-order valence-corrected chi connectivity index (χ1v) is 8.60. The minimum atomic E-state index is -3.94. The molecule has 0 radical (unpaired) electrons. The van der Waals surface area contributed by atoms with Crippen molar-refractivity contribution in [2.45, 2.75) is 17.2 Å². The Hall–Kier alpha value is -2.12. The van der Waals surface area contributed by atoms with Crippen LogP contribution in [-0.4, -0.2) is 31.8 Å². The van der Waals surface area contributed by atoms with Gasteiger partial charge in [0.2, 0.25) is 0 Å². The third-order valence-corrected chi connectivity index (χ3v) is 5.79. The average molecular weight is 337 g/mol. The fraction of sp³-hybridized carbons (Fsp3) is 0.250. The molecular formula is C16H16FNO4S. The van der Waals surface area contributed by atoms with Crippen molar-refractivity contribution in [3.8, 4) is 5.75 Å². The Bertz CT molecular complexity index is 838. The van der Waals surface area contributed by atoms with Crippen LogP contribution in [0.15, 0.2) is 47.4 Å². The number of benzene rings is 2. The molecule has 0 fully saturated rings. The van der Waals surface area contributed by atoms with E-state index in [1.165, 1.54) is 10.4 Å². The topological polar surface area (TPSA) is 77.8 Å². The van der Waals surface area contributed by atoms with Crippen molar-refractivity contribution in [2.24, 2.45) is 0 Å². The summed E-state index contributed by atoms with van der Waals surface area (Å²) in [5.74, 6) is -1.68. The molecule has 0 aromatic heterocycles.